The molecule has 188 valence electrons. The Balaban J connectivity index is 1.37. The van der Waals surface area contributed by atoms with Crippen molar-refractivity contribution in [3.8, 4) is 11.5 Å². The van der Waals surface area contributed by atoms with Crippen molar-refractivity contribution in [1.82, 2.24) is 9.80 Å². The molecule has 0 aliphatic carbocycles. The maximum Gasteiger partial charge on any atom is 0.311 e. The molecule has 1 amide bonds. The number of methoxy groups -OCH3 is 2. The Kier molecular flexibility index (Phi) is 6.58. The molecule has 1 unspecified atom stereocenters. The molecule has 2 aliphatic rings. The molecular formula is C29H32N2O5. The number of piperidine rings is 1. The SMILES string of the molecule is COC(=O)C1CC(=O)N(Cc2ccc3ccccc3c2)C12CCN(Cc1ccc(OC)c(O)c1)CC2. The van der Waals surface area contributed by atoms with Crippen LogP contribution in [0.1, 0.15) is 30.4 Å². The minimum atomic E-state index is -0.561. The summed E-state index contributed by atoms with van der Waals surface area (Å²) in [6.07, 6.45) is 1.56. The second kappa shape index (κ2) is 9.82. The zero-order chi connectivity index (χ0) is 25.3. The van der Waals surface area contributed by atoms with Crippen LogP contribution in [0.4, 0.5) is 0 Å². The van der Waals surface area contributed by atoms with Gasteiger partial charge in [-0.1, -0.05) is 42.5 Å². The predicted octanol–water partition coefficient (Wildman–Crippen LogP) is 4.11. The van der Waals surface area contributed by atoms with E-state index in [0.29, 0.717) is 31.7 Å². The molecule has 7 heteroatoms. The molecule has 7 nitrogen and oxygen atoms in total. The van der Waals surface area contributed by atoms with Crippen molar-refractivity contribution in [3.63, 3.8) is 0 Å². The van der Waals surface area contributed by atoms with Crippen LogP contribution in [0.2, 0.25) is 0 Å². The summed E-state index contributed by atoms with van der Waals surface area (Å²) in [6, 6.07) is 19.9. The van der Waals surface area contributed by atoms with Gasteiger partial charge in [-0.3, -0.25) is 14.5 Å². The van der Waals surface area contributed by atoms with Crippen molar-refractivity contribution in [2.75, 3.05) is 27.3 Å². The zero-order valence-corrected chi connectivity index (χ0v) is 20.8. The number of phenols is 1. The lowest BCUT2D eigenvalue weighted by Gasteiger charge is -2.47. The lowest BCUT2D eigenvalue weighted by Crippen LogP contribution is -2.57. The summed E-state index contributed by atoms with van der Waals surface area (Å²) in [5, 5.41) is 12.4. The highest BCUT2D eigenvalue weighted by atomic mass is 16.5. The molecule has 0 radical (unpaired) electrons. The fraction of sp³-hybridized carbons (Fsp3) is 0.379. The molecule has 2 saturated heterocycles. The fourth-order valence-corrected chi connectivity index (χ4v) is 5.93. The van der Waals surface area contributed by atoms with Gasteiger partial charge >= 0.3 is 5.97 Å². The van der Waals surface area contributed by atoms with Crippen molar-refractivity contribution >= 4 is 22.6 Å². The second-order valence-corrected chi connectivity index (χ2v) is 9.83. The Morgan fingerprint density at radius 2 is 1.67 bits per heavy atom. The second-order valence-electron chi connectivity index (χ2n) is 9.83. The Bertz CT molecular complexity index is 1280. The van der Waals surface area contributed by atoms with Crippen LogP contribution in [0.5, 0.6) is 11.5 Å². The Morgan fingerprint density at radius 3 is 2.36 bits per heavy atom. The summed E-state index contributed by atoms with van der Waals surface area (Å²) in [4.78, 5) is 30.3. The smallest absolute Gasteiger partial charge is 0.311 e. The van der Waals surface area contributed by atoms with Crippen molar-refractivity contribution in [2.45, 2.75) is 37.9 Å². The van der Waals surface area contributed by atoms with E-state index < -0.39 is 11.5 Å². The number of benzene rings is 3. The van der Waals surface area contributed by atoms with Gasteiger partial charge in [-0.15, -0.1) is 0 Å². The highest BCUT2D eigenvalue weighted by Crippen LogP contribution is 2.45. The van der Waals surface area contributed by atoms with Gasteiger partial charge in [0.2, 0.25) is 5.91 Å². The number of hydrogen-bond donors (Lipinski definition) is 1. The highest BCUT2D eigenvalue weighted by Gasteiger charge is 2.56. The fourth-order valence-electron chi connectivity index (χ4n) is 5.93. The molecule has 3 aromatic carbocycles. The predicted molar refractivity (Wildman–Crippen MR) is 137 cm³/mol. The third-order valence-corrected chi connectivity index (χ3v) is 7.88. The van der Waals surface area contributed by atoms with Gasteiger partial charge in [-0.05, 0) is 52.9 Å². The Morgan fingerprint density at radius 1 is 0.972 bits per heavy atom. The quantitative estimate of drug-likeness (QED) is 0.526. The van der Waals surface area contributed by atoms with Gasteiger partial charge in [-0.2, -0.15) is 0 Å². The third-order valence-electron chi connectivity index (χ3n) is 7.88. The van der Waals surface area contributed by atoms with Crippen LogP contribution in [0.25, 0.3) is 10.8 Å². The van der Waals surface area contributed by atoms with Crippen LogP contribution in [-0.2, 0) is 27.4 Å². The lowest BCUT2D eigenvalue weighted by molar-refractivity contribution is -0.150. The van der Waals surface area contributed by atoms with Crippen LogP contribution in [-0.4, -0.2) is 59.6 Å². The van der Waals surface area contributed by atoms with Crippen LogP contribution in [0, 0.1) is 5.92 Å². The minimum absolute atomic E-state index is 0.00656. The number of esters is 1. The molecule has 36 heavy (non-hydrogen) atoms. The number of carbonyl (C=O) groups is 2. The van der Waals surface area contributed by atoms with Crippen molar-refractivity contribution in [1.29, 1.82) is 0 Å². The molecule has 2 aliphatic heterocycles. The summed E-state index contributed by atoms with van der Waals surface area (Å²) < 4.78 is 10.3. The molecule has 0 bridgehead atoms. The van der Waals surface area contributed by atoms with Gasteiger partial charge in [0, 0.05) is 32.6 Å². The average Bonchev–Trinajstić information content (AvgIpc) is 3.16. The maximum absolute atomic E-state index is 13.3. The normalized spacial score (nSPS) is 19.7. The first-order chi connectivity index (χ1) is 17.4. The average molecular weight is 489 g/mol. The number of hydrogen-bond acceptors (Lipinski definition) is 6. The van der Waals surface area contributed by atoms with E-state index in [1.165, 1.54) is 14.2 Å². The first-order valence-electron chi connectivity index (χ1n) is 12.4. The number of fused-ring (bicyclic) bond motifs is 1. The van der Waals surface area contributed by atoms with E-state index in [9.17, 15) is 14.7 Å². The Labute approximate surface area is 211 Å². The number of aromatic hydroxyl groups is 1. The molecule has 2 heterocycles. The molecule has 0 saturated carbocycles. The molecule has 0 aromatic heterocycles. The van der Waals surface area contributed by atoms with E-state index in [1.54, 1.807) is 12.1 Å². The molecule has 1 spiro atoms. The van der Waals surface area contributed by atoms with E-state index in [0.717, 1.165) is 35.0 Å². The number of ether oxygens (including phenoxy) is 2. The van der Waals surface area contributed by atoms with Gasteiger partial charge in [0.15, 0.2) is 11.5 Å². The van der Waals surface area contributed by atoms with E-state index in [2.05, 4.69) is 35.2 Å². The van der Waals surface area contributed by atoms with Gasteiger partial charge < -0.3 is 19.5 Å². The van der Waals surface area contributed by atoms with E-state index in [-0.39, 0.29) is 24.0 Å². The van der Waals surface area contributed by atoms with Crippen LogP contribution >= 0.6 is 0 Å². The monoisotopic (exact) mass is 488 g/mol. The largest absolute Gasteiger partial charge is 0.504 e. The van der Waals surface area contributed by atoms with Crippen LogP contribution in [0.3, 0.4) is 0 Å². The van der Waals surface area contributed by atoms with Crippen molar-refractivity contribution in [2.24, 2.45) is 5.92 Å². The number of nitrogens with zero attached hydrogens (tertiary/aromatic N) is 2. The highest BCUT2D eigenvalue weighted by molar-refractivity contribution is 5.89. The summed E-state index contributed by atoms with van der Waals surface area (Å²) in [5.41, 5.74) is 1.49. The van der Waals surface area contributed by atoms with Crippen molar-refractivity contribution in [3.05, 3.63) is 71.8 Å². The summed E-state index contributed by atoms with van der Waals surface area (Å²) in [6.45, 7) is 2.63. The minimum Gasteiger partial charge on any atom is -0.504 e. The number of carbonyl (C=O) groups excluding carboxylic acids is 2. The topological polar surface area (TPSA) is 79.3 Å². The summed E-state index contributed by atoms with van der Waals surface area (Å²) >= 11 is 0. The third kappa shape index (κ3) is 4.39. The van der Waals surface area contributed by atoms with E-state index in [4.69, 9.17) is 9.47 Å². The van der Waals surface area contributed by atoms with Gasteiger partial charge in [0.05, 0.1) is 25.7 Å². The number of amides is 1. The van der Waals surface area contributed by atoms with Crippen LogP contribution in [0.15, 0.2) is 60.7 Å². The van der Waals surface area contributed by atoms with E-state index >= 15 is 0 Å². The lowest BCUT2D eigenvalue weighted by atomic mass is 9.76. The number of rotatable bonds is 6. The number of likely N-dealkylation sites (tertiary alicyclic amines) is 2. The maximum atomic E-state index is 13.3. The first-order valence-corrected chi connectivity index (χ1v) is 12.4. The molecule has 2 fully saturated rings. The van der Waals surface area contributed by atoms with Gasteiger partial charge in [0.1, 0.15) is 0 Å². The molecule has 3 aromatic rings. The first kappa shape index (κ1) is 24.1. The van der Waals surface area contributed by atoms with Gasteiger partial charge in [-0.25, -0.2) is 0 Å². The van der Waals surface area contributed by atoms with E-state index in [1.807, 2.05) is 23.1 Å². The van der Waals surface area contributed by atoms with Gasteiger partial charge in [0.25, 0.3) is 0 Å². The number of phenolic OH excluding ortho intramolecular Hbond substituents is 1. The molecule has 5 rings (SSSR count). The Hall–Kier alpha value is -3.58. The standard InChI is InChI=1S/C29H32N2O5/c1-35-26-10-8-21(16-25(26)32)18-30-13-11-29(12-14-30)24(28(34)36-2)17-27(33)31(29)19-20-7-9-22-5-3-4-6-23(22)15-20/h3-10,15-16,24,32H,11-14,17-19H2,1-2H3. The van der Waals surface area contributed by atoms with Crippen LogP contribution < -0.4 is 4.74 Å². The summed E-state index contributed by atoms with van der Waals surface area (Å²) in [5.74, 6) is -0.198. The summed E-state index contributed by atoms with van der Waals surface area (Å²) in [7, 11) is 2.93. The zero-order valence-electron chi connectivity index (χ0n) is 20.8. The molecule has 1 atom stereocenters. The van der Waals surface area contributed by atoms with Crippen molar-refractivity contribution < 1.29 is 24.2 Å². The molecular weight excluding hydrogens is 456 g/mol. The molecule has 1 N–H and O–H groups in total.